The highest BCUT2D eigenvalue weighted by Crippen LogP contribution is 2.25. The maximum absolute atomic E-state index is 13.4. The van der Waals surface area contributed by atoms with E-state index in [4.69, 9.17) is 0 Å². The second-order valence-corrected chi connectivity index (χ2v) is 4.01. The molecule has 1 heterocycles. The molecule has 62 valence electrons. The zero-order chi connectivity index (χ0) is 8.72. The molecular formula is C9H8FNS. The number of halogens is 1. The fourth-order valence-corrected chi connectivity index (χ4v) is 2.00. The maximum atomic E-state index is 13.4. The molecule has 0 spiro atoms. The van der Waals surface area contributed by atoms with E-state index in [1.807, 2.05) is 13.0 Å². The first-order valence-electron chi connectivity index (χ1n) is 3.71. The molecule has 2 rings (SSSR count). The summed E-state index contributed by atoms with van der Waals surface area (Å²) in [6, 6.07) is 3.70. The molecule has 1 nitrogen and oxygen atoms in total. The zero-order valence-corrected chi connectivity index (χ0v) is 7.70. The number of benzene rings is 1. The molecule has 3 heteroatoms. The Morgan fingerprint density at radius 3 is 2.83 bits per heavy atom. The standard InChI is InChI=1S/C9H8FNS/c1-5-3-4-7-9(8(5)10)11-6(2)12-7/h3-4H,1-2H3. The quantitative estimate of drug-likeness (QED) is 0.608. The van der Waals surface area contributed by atoms with Crippen molar-refractivity contribution in [3.05, 3.63) is 28.5 Å². The summed E-state index contributed by atoms with van der Waals surface area (Å²) in [5, 5.41) is 0.912. The first-order valence-corrected chi connectivity index (χ1v) is 4.52. The van der Waals surface area contributed by atoms with Crippen LogP contribution < -0.4 is 0 Å². The molecule has 0 saturated carbocycles. The summed E-state index contributed by atoms with van der Waals surface area (Å²) in [5.41, 5.74) is 1.17. The van der Waals surface area contributed by atoms with Crippen molar-refractivity contribution in [1.82, 2.24) is 4.98 Å². The van der Waals surface area contributed by atoms with Crippen LogP contribution in [0.15, 0.2) is 12.1 Å². The van der Waals surface area contributed by atoms with Crippen LogP contribution >= 0.6 is 11.3 Å². The Labute approximate surface area is 73.9 Å². The Bertz CT molecular complexity index is 433. The van der Waals surface area contributed by atoms with Gasteiger partial charge in [0.1, 0.15) is 5.52 Å². The number of fused-ring (bicyclic) bond motifs is 1. The predicted octanol–water partition coefficient (Wildman–Crippen LogP) is 3.05. The van der Waals surface area contributed by atoms with E-state index in [9.17, 15) is 4.39 Å². The molecular weight excluding hydrogens is 173 g/mol. The third-order valence-electron chi connectivity index (χ3n) is 1.80. The minimum atomic E-state index is -0.183. The third-order valence-corrected chi connectivity index (χ3v) is 2.74. The summed E-state index contributed by atoms with van der Waals surface area (Å²) in [7, 11) is 0. The van der Waals surface area contributed by atoms with E-state index >= 15 is 0 Å². The van der Waals surface area contributed by atoms with E-state index in [2.05, 4.69) is 4.98 Å². The van der Waals surface area contributed by atoms with Gasteiger partial charge < -0.3 is 0 Å². The first kappa shape index (κ1) is 7.68. The number of aromatic nitrogens is 1. The van der Waals surface area contributed by atoms with Gasteiger partial charge in [-0.2, -0.15) is 0 Å². The maximum Gasteiger partial charge on any atom is 0.153 e. The second-order valence-electron chi connectivity index (χ2n) is 2.78. The van der Waals surface area contributed by atoms with Crippen molar-refractivity contribution in [2.75, 3.05) is 0 Å². The van der Waals surface area contributed by atoms with Crippen molar-refractivity contribution in [3.8, 4) is 0 Å². The summed E-state index contributed by atoms with van der Waals surface area (Å²) < 4.78 is 14.3. The molecule has 0 aliphatic rings. The van der Waals surface area contributed by atoms with Crippen molar-refractivity contribution < 1.29 is 4.39 Å². The summed E-state index contributed by atoms with van der Waals surface area (Å²) in [5.74, 6) is -0.183. The lowest BCUT2D eigenvalue weighted by Gasteiger charge is -1.94. The van der Waals surface area contributed by atoms with Crippen LogP contribution in [-0.2, 0) is 0 Å². The van der Waals surface area contributed by atoms with Crippen LogP contribution in [0.25, 0.3) is 10.2 Å². The Morgan fingerprint density at radius 1 is 1.33 bits per heavy atom. The average Bonchev–Trinajstić information content (AvgIpc) is 2.39. The van der Waals surface area contributed by atoms with E-state index in [-0.39, 0.29) is 5.82 Å². The molecule has 0 amide bonds. The average molecular weight is 181 g/mol. The van der Waals surface area contributed by atoms with E-state index in [0.29, 0.717) is 11.1 Å². The highest BCUT2D eigenvalue weighted by Gasteiger charge is 2.07. The number of nitrogens with zero attached hydrogens (tertiary/aromatic N) is 1. The molecule has 2 aromatic rings. The molecule has 0 fully saturated rings. The molecule has 12 heavy (non-hydrogen) atoms. The zero-order valence-electron chi connectivity index (χ0n) is 6.89. The molecule has 0 N–H and O–H groups in total. The van der Waals surface area contributed by atoms with Crippen LogP contribution in [0.1, 0.15) is 10.6 Å². The van der Waals surface area contributed by atoms with Gasteiger partial charge in [0.2, 0.25) is 0 Å². The highest BCUT2D eigenvalue weighted by molar-refractivity contribution is 7.18. The van der Waals surface area contributed by atoms with E-state index < -0.39 is 0 Å². The first-order chi connectivity index (χ1) is 5.68. The van der Waals surface area contributed by atoms with Gasteiger partial charge >= 0.3 is 0 Å². The Balaban J connectivity index is 2.89. The van der Waals surface area contributed by atoms with Crippen LogP contribution in [0.2, 0.25) is 0 Å². The largest absolute Gasteiger partial charge is 0.238 e. The second kappa shape index (κ2) is 2.52. The topological polar surface area (TPSA) is 12.9 Å². The third kappa shape index (κ3) is 1.01. The van der Waals surface area contributed by atoms with Crippen LogP contribution in [0.5, 0.6) is 0 Å². The minimum Gasteiger partial charge on any atom is -0.238 e. The van der Waals surface area contributed by atoms with Crippen LogP contribution in [-0.4, -0.2) is 4.98 Å². The molecule has 1 aromatic heterocycles. The molecule has 0 aliphatic heterocycles. The lowest BCUT2D eigenvalue weighted by Crippen LogP contribution is -1.82. The normalized spacial score (nSPS) is 10.9. The van der Waals surface area contributed by atoms with Gasteiger partial charge in [-0.1, -0.05) is 6.07 Å². The van der Waals surface area contributed by atoms with Crippen molar-refractivity contribution in [3.63, 3.8) is 0 Å². The molecule has 0 unspecified atom stereocenters. The SMILES string of the molecule is Cc1nc2c(F)c(C)ccc2s1. The van der Waals surface area contributed by atoms with E-state index in [0.717, 1.165) is 9.71 Å². The molecule has 0 saturated heterocycles. The Morgan fingerprint density at radius 2 is 2.08 bits per heavy atom. The smallest absolute Gasteiger partial charge is 0.153 e. The van der Waals surface area contributed by atoms with Crippen LogP contribution in [0, 0.1) is 19.7 Å². The summed E-state index contributed by atoms with van der Waals surface area (Å²) in [6.07, 6.45) is 0. The highest BCUT2D eigenvalue weighted by atomic mass is 32.1. The van der Waals surface area contributed by atoms with Gasteiger partial charge in [0.15, 0.2) is 5.82 Å². The van der Waals surface area contributed by atoms with Gasteiger partial charge in [0.05, 0.1) is 9.71 Å². The molecule has 0 atom stereocenters. The van der Waals surface area contributed by atoms with Gasteiger partial charge in [0.25, 0.3) is 0 Å². The number of rotatable bonds is 0. The Kier molecular flexibility index (Phi) is 1.61. The fourth-order valence-electron chi connectivity index (χ4n) is 1.17. The lowest BCUT2D eigenvalue weighted by molar-refractivity contribution is 0.628. The summed E-state index contributed by atoms with van der Waals surface area (Å²) >= 11 is 1.52. The Hall–Kier alpha value is -0.960. The molecule has 1 aromatic carbocycles. The van der Waals surface area contributed by atoms with Gasteiger partial charge in [-0.05, 0) is 25.5 Å². The number of hydrogen-bond acceptors (Lipinski definition) is 2. The predicted molar refractivity (Wildman–Crippen MR) is 49.1 cm³/mol. The number of aryl methyl sites for hydroxylation is 2. The van der Waals surface area contributed by atoms with Crippen LogP contribution in [0.4, 0.5) is 4.39 Å². The van der Waals surface area contributed by atoms with Crippen molar-refractivity contribution in [1.29, 1.82) is 0 Å². The van der Waals surface area contributed by atoms with Gasteiger partial charge in [0, 0.05) is 0 Å². The fraction of sp³-hybridized carbons (Fsp3) is 0.222. The van der Waals surface area contributed by atoms with Crippen molar-refractivity contribution in [2.24, 2.45) is 0 Å². The van der Waals surface area contributed by atoms with Crippen molar-refractivity contribution >= 4 is 21.6 Å². The summed E-state index contributed by atoms with van der Waals surface area (Å²) in [4.78, 5) is 4.12. The molecule has 0 bridgehead atoms. The molecule has 0 aliphatic carbocycles. The van der Waals surface area contributed by atoms with Gasteiger partial charge in [-0.15, -0.1) is 11.3 Å². The van der Waals surface area contributed by atoms with Crippen LogP contribution in [0.3, 0.4) is 0 Å². The number of hydrogen-bond donors (Lipinski definition) is 0. The van der Waals surface area contributed by atoms with E-state index in [1.54, 1.807) is 13.0 Å². The van der Waals surface area contributed by atoms with Crippen molar-refractivity contribution in [2.45, 2.75) is 13.8 Å². The lowest BCUT2D eigenvalue weighted by atomic mass is 10.2. The van der Waals surface area contributed by atoms with Gasteiger partial charge in [-0.3, -0.25) is 0 Å². The number of thiazole rings is 1. The molecule has 0 radical (unpaired) electrons. The summed E-state index contributed by atoms with van der Waals surface area (Å²) in [6.45, 7) is 3.64. The minimum absolute atomic E-state index is 0.183. The van der Waals surface area contributed by atoms with E-state index in [1.165, 1.54) is 11.3 Å². The van der Waals surface area contributed by atoms with Gasteiger partial charge in [-0.25, -0.2) is 9.37 Å². The monoisotopic (exact) mass is 181 g/mol.